The molecule has 2 aromatic heterocycles. The summed E-state index contributed by atoms with van der Waals surface area (Å²) in [6, 6.07) is 0. The van der Waals surface area contributed by atoms with Crippen LogP contribution in [-0.2, 0) is 0 Å². The van der Waals surface area contributed by atoms with Crippen LogP contribution in [0.15, 0.2) is 0 Å². The highest BCUT2D eigenvalue weighted by molar-refractivity contribution is 5.95. The zero-order chi connectivity index (χ0) is 21.8. The molecule has 0 bridgehead atoms. The number of aromatic amines is 2. The number of hydrogen-bond acceptors (Lipinski definition) is 8. The van der Waals surface area contributed by atoms with Gasteiger partial charge in [-0.3, -0.25) is 35.2 Å². The molecule has 0 aliphatic carbocycles. The molecule has 0 aliphatic rings. The Labute approximate surface area is 157 Å². The number of carboxylic acids is 1. The van der Waals surface area contributed by atoms with Gasteiger partial charge in [-0.05, 0) is 0 Å². The number of carboxylic acid groups (broad SMARTS) is 1. The SMILES string of the molecule is CC(C)c1[nH]nc(C(=O)O)c1[N+](=O)[O-].CC(C)c1[nH]nc(C(N)=O)c1[N+](=O)[O-]. The standard InChI is InChI=1S/C7H10N4O3.C7H9N3O4/c1-3(2)4-6(11(13)14)5(7(8)12)10-9-4;1-3(2)4-6(10(13)14)5(7(11)12)9-8-4/h3H,1-2H3,(H2,8,12)(H,9,10);3H,1-2H3,(H,8,9)(H,11,12). The first kappa shape index (κ1) is 22.2. The van der Waals surface area contributed by atoms with Gasteiger partial charge in [-0.1, -0.05) is 27.7 Å². The lowest BCUT2D eigenvalue weighted by atomic mass is 10.1. The minimum absolute atomic E-state index is 0.115. The summed E-state index contributed by atoms with van der Waals surface area (Å²) >= 11 is 0. The number of rotatable bonds is 6. The van der Waals surface area contributed by atoms with Gasteiger partial charge < -0.3 is 10.8 Å². The van der Waals surface area contributed by atoms with E-state index in [1.807, 2.05) is 0 Å². The molecule has 0 radical (unpaired) electrons. The molecular formula is C14H19N7O7. The van der Waals surface area contributed by atoms with Gasteiger partial charge in [0.1, 0.15) is 11.4 Å². The molecule has 14 nitrogen and oxygen atoms in total. The number of carbonyl (C=O) groups excluding carboxylic acids is 1. The van der Waals surface area contributed by atoms with Crippen molar-refractivity contribution in [2.75, 3.05) is 0 Å². The van der Waals surface area contributed by atoms with Gasteiger partial charge in [-0.15, -0.1) is 0 Å². The number of nitrogens with one attached hydrogen (secondary N) is 2. The maximum Gasteiger partial charge on any atom is 0.363 e. The van der Waals surface area contributed by atoms with Crippen molar-refractivity contribution in [2.45, 2.75) is 39.5 Å². The van der Waals surface area contributed by atoms with E-state index < -0.39 is 33.1 Å². The monoisotopic (exact) mass is 397 g/mol. The molecule has 0 fully saturated rings. The van der Waals surface area contributed by atoms with Gasteiger partial charge in [0.05, 0.1) is 9.85 Å². The number of nitrogens with two attached hydrogens (primary N) is 1. The lowest BCUT2D eigenvalue weighted by Gasteiger charge is -1.98. The maximum absolute atomic E-state index is 10.8. The van der Waals surface area contributed by atoms with E-state index in [0.717, 1.165) is 0 Å². The second-order valence-electron chi connectivity index (χ2n) is 6.16. The zero-order valence-corrected chi connectivity index (χ0v) is 15.4. The first-order chi connectivity index (χ1) is 12.9. The molecule has 2 aromatic rings. The number of nitrogens with zero attached hydrogens (tertiary/aromatic N) is 4. The van der Waals surface area contributed by atoms with Crippen LogP contribution in [0, 0.1) is 20.2 Å². The predicted molar refractivity (Wildman–Crippen MR) is 94.1 cm³/mol. The average molecular weight is 397 g/mol. The van der Waals surface area contributed by atoms with Crippen LogP contribution in [0.2, 0.25) is 0 Å². The molecule has 0 aliphatic heterocycles. The van der Waals surface area contributed by atoms with Gasteiger partial charge in [0.15, 0.2) is 0 Å². The van der Waals surface area contributed by atoms with Crippen LogP contribution < -0.4 is 5.73 Å². The van der Waals surface area contributed by atoms with Crippen LogP contribution in [0.5, 0.6) is 0 Å². The third kappa shape index (κ3) is 4.66. The normalized spacial score (nSPS) is 10.5. The summed E-state index contributed by atoms with van der Waals surface area (Å²) < 4.78 is 0. The van der Waals surface area contributed by atoms with Crippen molar-refractivity contribution in [3.63, 3.8) is 0 Å². The molecule has 0 aromatic carbocycles. The molecule has 2 heterocycles. The van der Waals surface area contributed by atoms with E-state index in [1.165, 1.54) is 0 Å². The van der Waals surface area contributed by atoms with Crippen molar-refractivity contribution in [1.82, 2.24) is 20.4 Å². The fourth-order valence-corrected chi connectivity index (χ4v) is 2.19. The zero-order valence-electron chi connectivity index (χ0n) is 15.4. The summed E-state index contributed by atoms with van der Waals surface area (Å²) in [7, 11) is 0. The molecule has 0 saturated carbocycles. The van der Waals surface area contributed by atoms with Crippen LogP contribution in [0.1, 0.15) is 71.9 Å². The average Bonchev–Trinajstić information content (AvgIpc) is 3.20. The van der Waals surface area contributed by atoms with E-state index in [0.29, 0.717) is 5.69 Å². The molecule has 0 saturated heterocycles. The third-order valence-corrected chi connectivity index (χ3v) is 3.49. The molecule has 28 heavy (non-hydrogen) atoms. The first-order valence-electron chi connectivity index (χ1n) is 7.88. The Kier molecular flexibility index (Phi) is 6.90. The summed E-state index contributed by atoms with van der Waals surface area (Å²) in [4.78, 5) is 41.2. The third-order valence-electron chi connectivity index (χ3n) is 3.49. The van der Waals surface area contributed by atoms with Gasteiger partial charge in [-0.25, -0.2) is 4.79 Å². The summed E-state index contributed by atoms with van der Waals surface area (Å²) in [5.41, 5.74) is 3.84. The molecule has 0 spiro atoms. The molecular weight excluding hydrogens is 378 g/mol. The highest BCUT2D eigenvalue weighted by Crippen LogP contribution is 2.27. The number of primary amides is 1. The topological polar surface area (TPSA) is 224 Å². The van der Waals surface area contributed by atoms with E-state index in [2.05, 4.69) is 20.4 Å². The van der Waals surface area contributed by atoms with Gasteiger partial charge in [0, 0.05) is 11.8 Å². The fraction of sp³-hybridized carbons (Fsp3) is 0.429. The predicted octanol–water partition coefficient (Wildman–Crippen LogP) is 1.68. The number of amides is 1. The molecule has 2 rings (SSSR count). The Balaban J connectivity index is 0.000000280. The van der Waals surface area contributed by atoms with E-state index >= 15 is 0 Å². The van der Waals surface area contributed by atoms with E-state index in [1.54, 1.807) is 27.7 Å². The number of aromatic carboxylic acids is 1. The Morgan fingerprint density at radius 2 is 1.29 bits per heavy atom. The molecule has 14 heteroatoms. The Hall–Kier alpha value is -3.84. The van der Waals surface area contributed by atoms with Crippen LogP contribution in [0.3, 0.4) is 0 Å². The number of H-pyrrole nitrogens is 2. The molecule has 1 amide bonds. The summed E-state index contributed by atoms with van der Waals surface area (Å²) in [5, 5.41) is 41.6. The second kappa shape index (κ2) is 8.70. The van der Waals surface area contributed by atoms with E-state index in [4.69, 9.17) is 10.8 Å². The molecule has 5 N–H and O–H groups in total. The van der Waals surface area contributed by atoms with Crippen molar-refractivity contribution in [1.29, 1.82) is 0 Å². The molecule has 152 valence electrons. The smallest absolute Gasteiger partial charge is 0.363 e. The van der Waals surface area contributed by atoms with E-state index in [9.17, 15) is 29.8 Å². The number of aromatic nitrogens is 4. The Morgan fingerprint density at radius 1 is 0.929 bits per heavy atom. The van der Waals surface area contributed by atoms with Crippen LogP contribution in [-0.4, -0.2) is 47.2 Å². The van der Waals surface area contributed by atoms with Crippen molar-refractivity contribution in [3.05, 3.63) is 43.0 Å². The first-order valence-corrected chi connectivity index (χ1v) is 7.88. The lowest BCUT2D eigenvalue weighted by molar-refractivity contribution is -0.386. The minimum atomic E-state index is -1.40. The van der Waals surface area contributed by atoms with Crippen molar-refractivity contribution in [2.24, 2.45) is 5.73 Å². The maximum atomic E-state index is 10.8. The van der Waals surface area contributed by atoms with E-state index in [-0.39, 0.29) is 28.9 Å². The summed E-state index contributed by atoms with van der Waals surface area (Å²) in [6.07, 6.45) is 0. The van der Waals surface area contributed by atoms with Gasteiger partial charge in [0.25, 0.3) is 5.91 Å². The second-order valence-corrected chi connectivity index (χ2v) is 6.16. The molecule has 0 atom stereocenters. The fourth-order valence-electron chi connectivity index (χ4n) is 2.19. The Morgan fingerprint density at radius 3 is 1.57 bits per heavy atom. The largest absolute Gasteiger partial charge is 0.476 e. The van der Waals surface area contributed by atoms with Crippen molar-refractivity contribution in [3.8, 4) is 0 Å². The highest BCUT2D eigenvalue weighted by atomic mass is 16.6. The van der Waals surface area contributed by atoms with Crippen molar-refractivity contribution < 1.29 is 24.5 Å². The van der Waals surface area contributed by atoms with Crippen LogP contribution in [0.4, 0.5) is 11.4 Å². The molecule has 0 unspecified atom stereocenters. The summed E-state index contributed by atoms with van der Waals surface area (Å²) in [5.74, 6) is -2.59. The van der Waals surface area contributed by atoms with Crippen LogP contribution >= 0.6 is 0 Å². The quantitative estimate of drug-likeness (QED) is 0.410. The van der Waals surface area contributed by atoms with Gasteiger partial charge >= 0.3 is 17.3 Å². The number of carbonyl (C=O) groups is 2. The summed E-state index contributed by atoms with van der Waals surface area (Å²) in [6.45, 7) is 6.94. The lowest BCUT2D eigenvalue weighted by Crippen LogP contribution is -2.13. The van der Waals surface area contributed by atoms with Gasteiger partial charge in [0.2, 0.25) is 11.4 Å². The number of hydrogen-bond donors (Lipinski definition) is 4. The minimum Gasteiger partial charge on any atom is -0.476 e. The highest BCUT2D eigenvalue weighted by Gasteiger charge is 2.30. The number of nitro groups is 2. The van der Waals surface area contributed by atoms with Crippen molar-refractivity contribution >= 4 is 23.3 Å². The van der Waals surface area contributed by atoms with Gasteiger partial charge in [-0.2, -0.15) is 10.2 Å². The van der Waals surface area contributed by atoms with Crippen LogP contribution in [0.25, 0.3) is 0 Å². The Bertz CT molecular complexity index is 839.